The molecule has 0 bridgehead atoms. The predicted molar refractivity (Wildman–Crippen MR) is 86.8 cm³/mol. The maximum atomic E-state index is 10.9. The number of nitrogens with zero attached hydrogens (tertiary/aromatic N) is 1. The summed E-state index contributed by atoms with van der Waals surface area (Å²) in [6, 6.07) is 10.2. The summed E-state index contributed by atoms with van der Waals surface area (Å²) >= 11 is 0. The van der Waals surface area contributed by atoms with E-state index in [1.165, 1.54) is 5.56 Å². The lowest BCUT2D eigenvalue weighted by atomic mass is 10.1. The molecule has 1 aromatic rings. The Bertz CT molecular complexity index is 543. The first-order valence-electron chi connectivity index (χ1n) is 6.89. The van der Waals surface area contributed by atoms with Crippen molar-refractivity contribution in [2.75, 3.05) is 26.4 Å². The van der Waals surface area contributed by atoms with Crippen LogP contribution in [0, 0.1) is 0 Å². The summed E-state index contributed by atoms with van der Waals surface area (Å²) in [5, 5.41) is 6.45. The molecular weight excluding hydrogens is 288 g/mol. The highest BCUT2D eigenvalue weighted by Crippen LogP contribution is 2.10. The Labute approximate surface area is 127 Å². The Morgan fingerprint density at radius 1 is 1.24 bits per heavy atom. The lowest BCUT2D eigenvalue weighted by Gasteiger charge is -2.18. The van der Waals surface area contributed by atoms with Gasteiger partial charge in [0.1, 0.15) is 0 Å². The Kier molecular flexibility index (Phi) is 7.18. The molecule has 0 amide bonds. The molecule has 118 valence electrons. The van der Waals surface area contributed by atoms with Gasteiger partial charge in [0.25, 0.3) is 0 Å². The van der Waals surface area contributed by atoms with E-state index >= 15 is 0 Å². The van der Waals surface area contributed by atoms with Crippen molar-refractivity contribution in [2.24, 2.45) is 4.99 Å². The van der Waals surface area contributed by atoms with E-state index in [-0.39, 0.29) is 6.04 Å². The Balaban J connectivity index is 2.33. The van der Waals surface area contributed by atoms with Gasteiger partial charge in [-0.1, -0.05) is 30.3 Å². The molecule has 0 radical (unpaired) electrons. The molecule has 1 rings (SSSR count). The van der Waals surface area contributed by atoms with Crippen molar-refractivity contribution in [2.45, 2.75) is 19.4 Å². The zero-order valence-corrected chi connectivity index (χ0v) is 13.6. The van der Waals surface area contributed by atoms with Crippen LogP contribution in [0.1, 0.15) is 24.9 Å². The molecule has 1 aromatic carbocycles. The molecule has 1 atom stereocenters. The van der Waals surface area contributed by atoms with E-state index in [2.05, 4.69) is 39.4 Å². The van der Waals surface area contributed by atoms with Crippen molar-refractivity contribution in [1.82, 2.24) is 15.4 Å². The Hall–Kier alpha value is -1.60. The van der Waals surface area contributed by atoms with Crippen molar-refractivity contribution in [3.05, 3.63) is 35.9 Å². The summed E-state index contributed by atoms with van der Waals surface area (Å²) in [5.74, 6) is 0.700. The first kappa shape index (κ1) is 17.5. The number of rotatable bonds is 7. The van der Waals surface area contributed by atoms with Crippen molar-refractivity contribution in [3.63, 3.8) is 0 Å². The molecule has 0 saturated carbocycles. The van der Waals surface area contributed by atoms with Crippen LogP contribution >= 0.6 is 0 Å². The fourth-order valence-electron chi connectivity index (χ4n) is 1.78. The minimum absolute atomic E-state index is 0.145. The number of nitrogens with one attached hydrogen (secondary N) is 3. The maximum Gasteiger partial charge on any atom is 0.208 e. The maximum absolute atomic E-state index is 10.9. The fraction of sp³-hybridized carbons (Fsp3) is 0.500. The average molecular weight is 312 g/mol. The molecule has 0 fully saturated rings. The third-order valence-electron chi connectivity index (χ3n) is 2.89. The van der Waals surface area contributed by atoms with Crippen LogP contribution in [0.3, 0.4) is 0 Å². The fourth-order valence-corrected chi connectivity index (χ4v) is 2.29. The number of hydrogen-bond acceptors (Lipinski definition) is 3. The van der Waals surface area contributed by atoms with E-state index in [1.54, 1.807) is 7.05 Å². The lowest BCUT2D eigenvalue weighted by Crippen LogP contribution is -2.39. The molecule has 1 unspecified atom stereocenters. The van der Waals surface area contributed by atoms with Gasteiger partial charge in [-0.15, -0.1) is 0 Å². The highest BCUT2D eigenvalue weighted by molar-refractivity contribution is 7.88. The molecule has 0 heterocycles. The number of benzene rings is 1. The van der Waals surface area contributed by atoms with Crippen LogP contribution in [0.2, 0.25) is 0 Å². The van der Waals surface area contributed by atoms with Crippen LogP contribution in [-0.2, 0) is 10.0 Å². The third kappa shape index (κ3) is 7.67. The molecule has 0 aromatic heterocycles. The van der Waals surface area contributed by atoms with Gasteiger partial charge in [0, 0.05) is 20.1 Å². The number of guanidine groups is 1. The van der Waals surface area contributed by atoms with Crippen molar-refractivity contribution in [3.8, 4) is 0 Å². The number of aliphatic imine (C=N–C) groups is 1. The van der Waals surface area contributed by atoms with Crippen LogP contribution in [-0.4, -0.2) is 40.8 Å². The van der Waals surface area contributed by atoms with Crippen LogP contribution in [0.4, 0.5) is 0 Å². The van der Waals surface area contributed by atoms with Gasteiger partial charge in [0.05, 0.1) is 12.3 Å². The first-order chi connectivity index (χ1) is 9.92. The largest absolute Gasteiger partial charge is 0.356 e. The summed E-state index contributed by atoms with van der Waals surface area (Å²) in [6.45, 7) is 3.12. The normalized spacial score (nSPS) is 13.8. The lowest BCUT2D eigenvalue weighted by molar-refractivity contribution is 0.584. The summed E-state index contributed by atoms with van der Waals surface area (Å²) in [7, 11) is -1.40. The van der Waals surface area contributed by atoms with E-state index in [0.717, 1.165) is 6.26 Å². The number of hydrogen-bond donors (Lipinski definition) is 3. The molecular formula is C14H24N4O2S. The predicted octanol–water partition coefficient (Wildman–Crippen LogP) is 0.852. The van der Waals surface area contributed by atoms with Gasteiger partial charge in [-0.2, -0.15) is 0 Å². The van der Waals surface area contributed by atoms with E-state index in [4.69, 9.17) is 0 Å². The summed E-state index contributed by atoms with van der Waals surface area (Å²) in [6.07, 6.45) is 1.84. The molecule has 6 nitrogen and oxygen atoms in total. The third-order valence-corrected chi connectivity index (χ3v) is 3.62. The van der Waals surface area contributed by atoms with E-state index in [1.807, 2.05) is 18.2 Å². The van der Waals surface area contributed by atoms with Gasteiger partial charge >= 0.3 is 0 Å². The highest BCUT2D eigenvalue weighted by Gasteiger charge is 2.06. The standard InChI is InChI=1S/C14H24N4O2S/c1-12(13-8-5-4-6-9-13)18-14(15-2)16-10-7-11-17-21(3,19)20/h4-6,8-9,12,17H,7,10-11H2,1-3H3,(H2,15,16,18). The zero-order valence-electron chi connectivity index (χ0n) is 12.8. The van der Waals surface area contributed by atoms with Crippen LogP contribution < -0.4 is 15.4 Å². The van der Waals surface area contributed by atoms with Gasteiger partial charge in [-0.25, -0.2) is 13.1 Å². The van der Waals surface area contributed by atoms with E-state index < -0.39 is 10.0 Å². The highest BCUT2D eigenvalue weighted by atomic mass is 32.2. The van der Waals surface area contributed by atoms with Crippen molar-refractivity contribution in [1.29, 1.82) is 0 Å². The molecule has 21 heavy (non-hydrogen) atoms. The second kappa shape index (κ2) is 8.63. The summed E-state index contributed by atoms with van der Waals surface area (Å²) in [4.78, 5) is 4.16. The Morgan fingerprint density at radius 3 is 2.48 bits per heavy atom. The van der Waals surface area contributed by atoms with Gasteiger partial charge in [0.2, 0.25) is 10.0 Å². The smallest absolute Gasteiger partial charge is 0.208 e. The molecule has 3 N–H and O–H groups in total. The number of sulfonamides is 1. The molecule has 0 aliphatic rings. The SMILES string of the molecule is CN=C(NCCCNS(C)(=O)=O)NC(C)c1ccccc1. The van der Waals surface area contributed by atoms with Crippen LogP contribution in [0.5, 0.6) is 0 Å². The van der Waals surface area contributed by atoms with Gasteiger partial charge < -0.3 is 10.6 Å². The molecule has 0 aliphatic carbocycles. The van der Waals surface area contributed by atoms with Gasteiger partial charge in [-0.05, 0) is 18.9 Å². The minimum atomic E-state index is -3.11. The monoisotopic (exact) mass is 312 g/mol. The molecule has 0 spiro atoms. The Morgan fingerprint density at radius 2 is 1.90 bits per heavy atom. The summed E-state index contributed by atoms with van der Waals surface area (Å²) < 4.78 is 24.3. The van der Waals surface area contributed by atoms with Gasteiger partial charge in [0.15, 0.2) is 5.96 Å². The second-order valence-corrected chi connectivity index (χ2v) is 6.63. The molecule has 0 aliphatic heterocycles. The second-order valence-electron chi connectivity index (χ2n) is 4.80. The topological polar surface area (TPSA) is 82.6 Å². The summed E-state index contributed by atoms with van der Waals surface area (Å²) in [5.41, 5.74) is 1.18. The minimum Gasteiger partial charge on any atom is -0.356 e. The van der Waals surface area contributed by atoms with Gasteiger partial charge in [-0.3, -0.25) is 4.99 Å². The molecule has 7 heteroatoms. The van der Waals surface area contributed by atoms with Crippen molar-refractivity contribution < 1.29 is 8.42 Å². The van der Waals surface area contributed by atoms with Crippen LogP contribution in [0.25, 0.3) is 0 Å². The molecule has 0 saturated heterocycles. The van der Waals surface area contributed by atoms with E-state index in [0.29, 0.717) is 25.5 Å². The zero-order chi connectivity index (χ0) is 15.7. The quantitative estimate of drug-likeness (QED) is 0.396. The van der Waals surface area contributed by atoms with Crippen molar-refractivity contribution >= 4 is 16.0 Å². The average Bonchev–Trinajstić information content (AvgIpc) is 2.45. The first-order valence-corrected chi connectivity index (χ1v) is 8.78. The van der Waals surface area contributed by atoms with Crippen LogP contribution in [0.15, 0.2) is 35.3 Å². The van der Waals surface area contributed by atoms with E-state index in [9.17, 15) is 8.42 Å².